The van der Waals surface area contributed by atoms with E-state index in [1.165, 1.54) is 16.7 Å². The number of esters is 1. The minimum atomic E-state index is -5.11. The highest BCUT2D eigenvalue weighted by atomic mass is 19.4. The van der Waals surface area contributed by atoms with Crippen molar-refractivity contribution in [2.75, 3.05) is 0 Å². The van der Waals surface area contributed by atoms with Gasteiger partial charge in [-0.2, -0.15) is 13.2 Å². The van der Waals surface area contributed by atoms with Gasteiger partial charge in [0.25, 0.3) is 5.56 Å². The number of nitrogens with zero attached hydrogens (tertiary/aromatic N) is 2. The molecule has 13 heteroatoms. The zero-order valence-corrected chi connectivity index (χ0v) is 21.4. The molecule has 0 bridgehead atoms. The predicted octanol–water partition coefficient (Wildman–Crippen LogP) is 2.52. The maximum atomic E-state index is 14.9. The van der Waals surface area contributed by atoms with Crippen molar-refractivity contribution in [3.05, 3.63) is 61.7 Å². The molecule has 0 saturated carbocycles. The molecule has 3 aromatic rings. The summed E-state index contributed by atoms with van der Waals surface area (Å²) in [6.07, 6.45) is -5.33. The summed E-state index contributed by atoms with van der Waals surface area (Å²) in [6.45, 7) is 2.68. The molecule has 0 fully saturated rings. The number of halogens is 4. The molecule has 3 atom stereocenters. The Labute approximate surface area is 223 Å². The van der Waals surface area contributed by atoms with Crippen molar-refractivity contribution in [1.29, 1.82) is 0 Å². The SMILES string of the molecule is CCC1(O)C(=O)OCc2c1cc1n(c2=O)Cc2c-1nc1cc(F)c(C)c3c1c2C(NC(N)(C=O)C(F)(F)F)CC3. The molecule has 4 N–H and O–H groups in total. The lowest BCUT2D eigenvalue weighted by molar-refractivity contribution is -0.193. The molecule has 2 aliphatic heterocycles. The molecule has 9 nitrogen and oxygen atoms in total. The van der Waals surface area contributed by atoms with Crippen molar-refractivity contribution >= 4 is 23.2 Å². The normalized spacial score (nSPS) is 22.8. The number of carbonyl (C=O) groups excluding carboxylic acids is 2. The third-order valence-electron chi connectivity index (χ3n) is 8.45. The first-order chi connectivity index (χ1) is 18.8. The summed E-state index contributed by atoms with van der Waals surface area (Å²) in [5, 5.41) is 13.8. The van der Waals surface area contributed by atoms with E-state index in [1.807, 2.05) is 0 Å². The quantitative estimate of drug-likeness (QED) is 0.150. The molecule has 1 aliphatic carbocycles. The fourth-order valence-corrected chi connectivity index (χ4v) is 6.17. The highest BCUT2D eigenvalue weighted by Gasteiger charge is 2.54. The number of benzene rings is 1. The summed E-state index contributed by atoms with van der Waals surface area (Å²) < 4.78 is 62.9. The fraction of sp³-hybridized carbons (Fsp3) is 0.407. The molecular weight excluding hydrogens is 536 g/mol. The van der Waals surface area contributed by atoms with Gasteiger partial charge in [0, 0.05) is 28.6 Å². The number of hydrogen-bond donors (Lipinski definition) is 3. The van der Waals surface area contributed by atoms with Gasteiger partial charge in [0.05, 0.1) is 29.0 Å². The molecule has 3 unspecified atom stereocenters. The van der Waals surface area contributed by atoms with Crippen molar-refractivity contribution in [1.82, 2.24) is 14.9 Å². The van der Waals surface area contributed by atoms with Gasteiger partial charge < -0.3 is 14.4 Å². The second kappa shape index (κ2) is 8.41. The molecule has 3 aliphatic rings. The minimum Gasteiger partial charge on any atom is -0.458 e. The van der Waals surface area contributed by atoms with Crippen molar-refractivity contribution in [3.63, 3.8) is 0 Å². The van der Waals surface area contributed by atoms with Crippen LogP contribution in [0.3, 0.4) is 0 Å². The highest BCUT2D eigenvalue weighted by molar-refractivity contribution is 5.93. The van der Waals surface area contributed by atoms with Gasteiger partial charge in [0.15, 0.2) is 11.9 Å². The number of cyclic esters (lactones) is 1. The summed E-state index contributed by atoms with van der Waals surface area (Å²) in [6, 6.07) is 1.55. The second-order valence-corrected chi connectivity index (χ2v) is 10.5. The van der Waals surface area contributed by atoms with Gasteiger partial charge in [-0.25, -0.2) is 14.2 Å². The average molecular weight is 561 g/mol. The van der Waals surface area contributed by atoms with Crippen LogP contribution in [0, 0.1) is 12.7 Å². The van der Waals surface area contributed by atoms with Crippen LogP contribution in [0.1, 0.15) is 59.2 Å². The Hall–Kier alpha value is -3.68. The number of alkyl halides is 3. The molecule has 0 spiro atoms. The number of nitrogens with two attached hydrogens (primary N) is 1. The van der Waals surface area contributed by atoms with Crippen LogP contribution >= 0.6 is 0 Å². The lowest BCUT2D eigenvalue weighted by atomic mass is 9.81. The number of aldehydes is 1. The van der Waals surface area contributed by atoms with Crippen LogP contribution in [0.15, 0.2) is 16.9 Å². The first kappa shape index (κ1) is 26.5. The van der Waals surface area contributed by atoms with Crippen molar-refractivity contribution in [2.45, 2.75) is 69.7 Å². The zero-order chi connectivity index (χ0) is 28.9. The van der Waals surface area contributed by atoms with Crippen LogP contribution in [0.5, 0.6) is 0 Å². The monoisotopic (exact) mass is 560 g/mol. The number of hydrogen-bond acceptors (Lipinski definition) is 8. The van der Waals surface area contributed by atoms with E-state index in [0.717, 1.165) is 0 Å². The van der Waals surface area contributed by atoms with E-state index in [-0.39, 0.29) is 60.4 Å². The first-order valence-electron chi connectivity index (χ1n) is 12.7. The Morgan fingerprint density at radius 2 is 2.00 bits per heavy atom. The number of ether oxygens (including phenoxy) is 1. The summed E-state index contributed by atoms with van der Waals surface area (Å²) in [5.74, 6) is -1.45. The Morgan fingerprint density at radius 1 is 1.27 bits per heavy atom. The van der Waals surface area contributed by atoms with Crippen LogP contribution < -0.4 is 16.6 Å². The zero-order valence-electron chi connectivity index (χ0n) is 21.4. The summed E-state index contributed by atoms with van der Waals surface area (Å²) >= 11 is 0. The van der Waals surface area contributed by atoms with Crippen LogP contribution in [-0.4, -0.2) is 38.8 Å². The topological polar surface area (TPSA) is 137 Å². The van der Waals surface area contributed by atoms with Gasteiger partial charge in [-0.1, -0.05) is 6.92 Å². The summed E-state index contributed by atoms with van der Waals surface area (Å²) in [7, 11) is 0. The molecule has 210 valence electrons. The van der Waals surface area contributed by atoms with Crippen LogP contribution in [0.4, 0.5) is 17.6 Å². The van der Waals surface area contributed by atoms with E-state index in [9.17, 15) is 37.1 Å². The number of aromatic nitrogens is 2. The number of aryl methyl sites for hydroxylation is 1. The molecule has 1 aromatic carbocycles. The third kappa shape index (κ3) is 3.37. The highest BCUT2D eigenvalue weighted by Crippen LogP contribution is 2.46. The molecule has 0 saturated heterocycles. The van der Waals surface area contributed by atoms with E-state index in [4.69, 9.17) is 10.5 Å². The number of carbonyl (C=O) groups is 2. The average Bonchev–Trinajstić information content (AvgIpc) is 3.28. The van der Waals surface area contributed by atoms with Crippen LogP contribution in [-0.2, 0) is 39.5 Å². The molecule has 2 aromatic heterocycles. The Balaban J connectivity index is 1.64. The lowest BCUT2D eigenvalue weighted by Gasteiger charge is -2.36. The van der Waals surface area contributed by atoms with E-state index >= 15 is 0 Å². The fourth-order valence-electron chi connectivity index (χ4n) is 6.17. The third-order valence-corrected chi connectivity index (χ3v) is 8.45. The van der Waals surface area contributed by atoms with Gasteiger partial charge in [-0.05, 0) is 48.9 Å². The predicted molar refractivity (Wildman–Crippen MR) is 132 cm³/mol. The summed E-state index contributed by atoms with van der Waals surface area (Å²) in [5.41, 5.74) is 1.85. The number of rotatable bonds is 4. The molecule has 4 heterocycles. The number of nitrogens with one attached hydrogen (secondary N) is 1. The van der Waals surface area contributed by atoms with Gasteiger partial charge in [-0.3, -0.25) is 20.6 Å². The number of fused-ring (bicyclic) bond motifs is 5. The second-order valence-electron chi connectivity index (χ2n) is 10.5. The molecule has 0 radical (unpaired) electrons. The van der Waals surface area contributed by atoms with Crippen LogP contribution in [0.2, 0.25) is 0 Å². The van der Waals surface area contributed by atoms with Crippen LogP contribution in [0.25, 0.3) is 22.3 Å². The lowest BCUT2D eigenvalue weighted by Crippen LogP contribution is -2.66. The smallest absolute Gasteiger partial charge is 0.426 e. The number of pyridine rings is 2. The van der Waals surface area contributed by atoms with Gasteiger partial charge in [-0.15, -0.1) is 0 Å². The molecular formula is C27H24F4N4O5. The number of aliphatic hydroxyl groups is 1. The van der Waals surface area contributed by atoms with Gasteiger partial charge >= 0.3 is 12.1 Å². The Morgan fingerprint density at radius 3 is 2.65 bits per heavy atom. The van der Waals surface area contributed by atoms with Gasteiger partial charge in [0.1, 0.15) is 12.4 Å². The molecule has 0 amide bonds. The first-order valence-corrected chi connectivity index (χ1v) is 12.7. The van der Waals surface area contributed by atoms with Crippen molar-refractivity contribution in [3.8, 4) is 11.4 Å². The van der Waals surface area contributed by atoms with E-state index in [2.05, 4.69) is 10.3 Å². The molecule has 40 heavy (non-hydrogen) atoms. The summed E-state index contributed by atoms with van der Waals surface area (Å²) in [4.78, 5) is 42.3. The van der Waals surface area contributed by atoms with Crippen molar-refractivity contribution in [2.24, 2.45) is 5.73 Å². The molecule has 6 rings (SSSR count). The van der Waals surface area contributed by atoms with E-state index < -0.39 is 47.1 Å². The minimum absolute atomic E-state index is 0.0609. The maximum absolute atomic E-state index is 14.9. The Kier molecular flexibility index (Phi) is 5.58. The maximum Gasteiger partial charge on any atom is 0.426 e. The largest absolute Gasteiger partial charge is 0.458 e. The Bertz CT molecular complexity index is 1720. The van der Waals surface area contributed by atoms with Gasteiger partial charge in [0.2, 0.25) is 5.66 Å². The van der Waals surface area contributed by atoms with E-state index in [1.54, 1.807) is 13.8 Å². The van der Waals surface area contributed by atoms with E-state index in [0.29, 0.717) is 27.6 Å². The standard InChI is InChI=1S/C27H24F4N4O5/c1-3-25(39)15-6-19-22-13(8-35(19)23(37)14(15)9-40-24(25)38)21-17(34-26(32,10-36)27(29,30)31)5-4-12-11(2)16(28)7-18(33-22)20(12)21/h6-7,10,17,34,39H,3-5,8-9,32H2,1-2H3. The van der Waals surface area contributed by atoms with Crippen molar-refractivity contribution < 1.29 is 37.0 Å².